The Morgan fingerprint density at radius 2 is 2.15 bits per heavy atom. The number of anilines is 1. The lowest BCUT2D eigenvalue weighted by atomic mass is 9.99. The largest absolute Gasteiger partial charge is 0.361 e. The fourth-order valence-electron chi connectivity index (χ4n) is 3.08. The van der Waals surface area contributed by atoms with E-state index >= 15 is 0 Å². The first-order valence-electron chi connectivity index (χ1n) is 8.29. The molecule has 0 unspecified atom stereocenters. The third-order valence-corrected chi connectivity index (χ3v) is 5.35. The number of hydrogen-bond donors (Lipinski definition) is 1. The highest BCUT2D eigenvalue weighted by molar-refractivity contribution is 7.12. The first kappa shape index (κ1) is 16.5. The zero-order chi connectivity index (χ0) is 18.1. The van der Waals surface area contributed by atoms with E-state index in [-0.39, 0.29) is 11.8 Å². The number of carbonyl (C=O) groups is 2. The van der Waals surface area contributed by atoms with E-state index in [0.29, 0.717) is 30.1 Å². The molecule has 2 amide bonds. The highest BCUT2D eigenvalue weighted by atomic mass is 32.1. The molecular formula is C19H17N3O3S. The molecule has 132 valence electrons. The van der Waals surface area contributed by atoms with E-state index in [9.17, 15) is 9.59 Å². The molecule has 3 heterocycles. The van der Waals surface area contributed by atoms with Gasteiger partial charge in [-0.25, -0.2) is 0 Å². The van der Waals surface area contributed by atoms with Crippen molar-refractivity contribution in [2.24, 2.45) is 0 Å². The zero-order valence-corrected chi connectivity index (χ0v) is 15.0. The van der Waals surface area contributed by atoms with E-state index < -0.39 is 0 Å². The standard InChI is InChI=1S/C19H17N3O3S/c1-12-16(10-20-25-12)18(23)21-15-5-4-13-6-7-22(11-14(13)9-15)19(24)17-3-2-8-26-17/h2-5,8-10H,6-7,11H2,1H3,(H,21,23). The van der Waals surface area contributed by atoms with Gasteiger partial charge in [0.1, 0.15) is 11.3 Å². The molecule has 0 fully saturated rings. The summed E-state index contributed by atoms with van der Waals surface area (Å²) in [7, 11) is 0. The summed E-state index contributed by atoms with van der Waals surface area (Å²) in [6.45, 7) is 2.94. The summed E-state index contributed by atoms with van der Waals surface area (Å²) in [5.74, 6) is 0.277. The number of rotatable bonds is 3. The van der Waals surface area contributed by atoms with Crippen LogP contribution in [0.5, 0.6) is 0 Å². The van der Waals surface area contributed by atoms with E-state index in [0.717, 1.165) is 16.9 Å². The first-order valence-corrected chi connectivity index (χ1v) is 9.17. The maximum Gasteiger partial charge on any atom is 0.264 e. The van der Waals surface area contributed by atoms with Crippen molar-refractivity contribution >= 4 is 28.8 Å². The fraction of sp³-hybridized carbons (Fsp3) is 0.211. The summed E-state index contributed by atoms with van der Waals surface area (Å²) in [5.41, 5.74) is 3.37. The van der Waals surface area contributed by atoms with Crippen LogP contribution in [0.25, 0.3) is 0 Å². The SMILES string of the molecule is Cc1oncc1C(=O)Nc1ccc2c(c1)CN(C(=O)c1cccs1)CC2. The molecule has 2 aromatic heterocycles. The average molecular weight is 367 g/mol. The minimum atomic E-state index is -0.258. The maximum atomic E-state index is 12.6. The molecule has 3 aromatic rings. The maximum absolute atomic E-state index is 12.6. The third-order valence-electron chi connectivity index (χ3n) is 4.49. The summed E-state index contributed by atoms with van der Waals surface area (Å²) in [6, 6.07) is 9.56. The highest BCUT2D eigenvalue weighted by Crippen LogP contribution is 2.25. The smallest absolute Gasteiger partial charge is 0.264 e. The lowest BCUT2D eigenvalue weighted by molar-refractivity contribution is 0.0739. The van der Waals surface area contributed by atoms with E-state index in [1.807, 2.05) is 40.6 Å². The second-order valence-electron chi connectivity index (χ2n) is 6.19. The van der Waals surface area contributed by atoms with Crippen LogP contribution in [0.4, 0.5) is 5.69 Å². The van der Waals surface area contributed by atoms with Crippen LogP contribution in [0.3, 0.4) is 0 Å². The van der Waals surface area contributed by atoms with Crippen LogP contribution in [-0.4, -0.2) is 28.4 Å². The number of amides is 2. The van der Waals surface area contributed by atoms with Crippen LogP contribution in [0.1, 0.15) is 36.9 Å². The van der Waals surface area contributed by atoms with Gasteiger partial charge in [-0.05, 0) is 48.1 Å². The quantitative estimate of drug-likeness (QED) is 0.769. The van der Waals surface area contributed by atoms with E-state index in [1.165, 1.54) is 23.1 Å². The number of nitrogens with one attached hydrogen (secondary N) is 1. The molecule has 1 N–H and O–H groups in total. The normalized spacial score (nSPS) is 13.3. The van der Waals surface area contributed by atoms with Crippen molar-refractivity contribution in [2.45, 2.75) is 19.9 Å². The minimum Gasteiger partial charge on any atom is -0.361 e. The van der Waals surface area contributed by atoms with Crippen LogP contribution in [0, 0.1) is 6.92 Å². The van der Waals surface area contributed by atoms with Gasteiger partial charge >= 0.3 is 0 Å². The van der Waals surface area contributed by atoms with Gasteiger partial charge in [-0.15, -0.1) is 11.3 Å². The predicted octanol–water partition coefficient (Wildman–Crippen LogP) is 3.50. The number of fused-ring (bicyclic) bond motifs is 1. The van der Waals surface area contributed by atoms with Crippen LogP contribution in [-0.2, 0) is 13.0 Å². The molecule has 7 heteroatoms. The van der Waals surface area contributed by atoms with Crippen LogP contribution in [0.2, 0.25) is 0 Å². The molecule has 1 aromatic carbocycles. The molecule has 0 spiro atoms. The third kappa shape index (κ3) is 3.13. The van der Waals surface area contributed by atoms with Gasteiger partial charge in [-0.1, -0.05) is 17.3 Å². The Hall–Kier alpha value is -2.93. The molecule has 6 nitrogen and oxygen atoms in total. The second-order valence-corrected chi connectivity index (χ2v) is 7.13. The molecule has 26 heavy (non-hydrogen) atoms. The van der Waals surface area contributed by atoms with Crippen molar-refractivity contribution < 1.29 is 14.1 Å². The van der Waals surface area contributed by atoms with Crippen molar-refractivity contribution in [1.82, 2.24) is 10.1 Å². The minimum absolute atomic E-state index is 0.0557. The van der Waals surface area contributed by atoms with Crippen molar-refractivity contribution in [3.05, 3.63) is 69.2 Å². The lowest BCUT2D eigenvalue weighted by Gasteiger charge is -2.29. The monoisotopic (exact) mass is 367 g/mol. The van der Waals surface area contributed by atoms with Crippen molar-refractivity contribution in [2.75, 3.05) is 11.9 Å². The highest BCUT2D eigenvalue weighted by Gasteiger charge is 2.23. The van der Waals surface area contributed by atoms with Crippen LogP contribution >= 0.6 is 11.3 Å². The van der Waals surface area contributed by atoms with E-state index in [4.69, 9.17) is 4.52 Å². The number of aryl methyl sites for hydroxylation is 1. The number of benzene rings is 1. The fourth-order valence-corrected chi connectivity index (χ4v) is 3.77. The average Bonchev–Trinajstić information content (AvgIpc) is 3.32. The Morgan fingerprint density at radius 1 is 1.27 bits per heavy atom. The second kappa shape index (κ2) is 6.76. The van der Waals surface area contributed by atoms with Crippen molar-refractivity contribution in [1.29, 1.82) is 0 Å². The van der Waals surface area contributed by atoms with Gasteiger partial charge in [-0.2, -0.15) is 0 Å². The Balaban J connectivity index is 1.52. The molecular weight excluding hydrogens is 350 g/mol. The molecule has 0 saturated carbocycles. The molecule has 0 saturated heterocycles. The molecule has 0 bridgehead atoms. The Kier molecular flexibility index (Phi) is 4.30. The van der Waals surface area contributed by atoms with Gasteiger partial charge in [0.25, 0.3) is 11.8 Å². The Morgan fingerprint density at radius 3 is 2.88 bits per heavy atom. The summed E-state index contributed by atoms with van der Waals surface area (Å²) in [5, 5.41) is 8.40. The number of aromatic nitrogens is 1. The van der Waals surface area contributed by atoms with Gasteiger partial charge in [0.15, 0.2) is 0 Å². The van der Waals surface area contributed by atoms with Gasteiger partial charge in [0.05, 0.1) is 11.1 Å². The molecule has 0 radical (unpaired) electrons. The van der Waals surface area contributed by atoms with Gasteiger partial charge in [0, 0.05) is 18.8 Å². The molecule has 4 rings (SSSR count). The predicted molar refractivity (Wildman–Crippen MR) is 98.4 cm³/mol. The molecule has 0 atom stereocenters. The summed E-state index contributed by atoms with van der Waals surface area (Å²) >= 11 is 1.45. The van der Waals surface area contributed by atoms with Crippen LogP contribution < -0.4 is 5.32 Å². The number of carbonyl (C=O) groups excluding carboxylic acids is 2. The lowest BCUT2D eigenvalue weighted by Crippen LogP contribution is -2.35. The van der Waals surface area contributed by atoms with Crippen molar-refractivity contribution in [3.8, 4) is 0 Å². The first-order chi connectivity index (χ1) is 12.6. The van der Waals surface area contributed by atoms with E-state index in [2.05, 4.69) is 10.5 Å². The van der Waals surface area contributed by atoms with Crippen molar-refractivity contribution in [3.63, 3.8) is 0 Å². The van der Waals surface area contributed by atoms with E-state index in [1.54, 1.807) is 6.92 Å². The zero-order valence-electron chi connectivity index (χ0n) is 14.2. The molecule has 1 aliphatic heterocycles. The van der Waals surface area contributed by atoms with Gasteiger partial charge < -0.3 is 14.7 Å². The molecule has 0 aliphatic carbocycles. The van der Waals surface area contributed by atoms with Gasteiger partial charge in [-0.3, -0.25) is 9.59 Å². The summed E-state index contributed by atoms with van der Waals surface area (Å²) < 4.78 is 4.94. The summed E-state index contributed by atoms with van der Waals surface area (Å²) in [6.07, 6.45) is 2.22. The Labute approximate surface area is 154 Å². The number of hydrogen-bond acceptors (Lipinski definition) is 5. The van der Waals surface area contributed by atoms with Crippen LogP contribution in [0.15, 0.2) is 46.4 Å². The summed E-state index contributed by atoms with van der Waals surface area (Å²) in [4.78, 5) is 27.5. The molecule has 1 aliphatic rings. The number of nitrogens with zero attached hydrogens (tertiary/aromatic N) is 2. The topological polar surface area (TPSA) is 75.4 Å². The number of thiophene rings is 1. The Bertz CT molecular complexity index is 962. The van der Waals surface area contributed by atoms with Gasteiger partial charge in [0.2, 0.25) is 0 Å².